The molecule has 2 rings (SSSR count). The van der Waals surface area contributed by atoms with Crippen LogP contribution in [0.3, 0.4) is 0 Å². The van der Waals surface area contributed by atoms with Gasteiger partial charge in [0.2, 0.25) is 0 Å². The topological polar surface area (TPSA) is 55.1 Å². The molecule has 0 aliphatic carbocycles. The van der Waals surface area contributed by atoms with E-state index in [0.717, 1.165) is 0 Å². The van der Waals surface area contributed by atoms with E-state index in [4.69, 9.17) is 27.6 Å². The number of aromatic nitrogens is 1. The van der Waals surface area contributed by atoms with Gasteiger partial charge in [0.15, 0.2) is 11.6 Å². The molecule has 88 valence electrons. The molecule has 1 heterocycles. The summed E-state index contributed by atoms with van der Waals surface area (Å²) in [5, 5.41) is 3.50. The summed E-state index contributed by atoms with van der Waals surface area (Å²) in [7, 11) is 0. The standard InChI is InChI=1S/C11H8Cl2N2O2/c1-6-14-10(5-17-6)11(16)15-9-4-7(12)2-3-8(9)13/h2-5H,1H3,(H,15,16). The summed E-state index contributed by atoms with van der Waals surface area (Å²) in [5.41, 5.74) is 0.628. The summed E-state index contributed by atoms with van der Waals surface area (Å²) in [4.78, 5) is 15.7. The van der Waals surface area contributed by atoms with Crippen LogP contribution in [0, 0.1) is 6.92 Å². The molecule has 0 unspecified atom stereocenters. The first-order chi connectivity index (χ1) is 8.06. The lowest BCUT2D eigenvalue weighted by molar-refractivity contribution is 0.102. The SMILES string of the molecule is Cc1nc(C(=O)Nc2cc(Cl)ccc2Cl)co1. The second-order valence-electron chi connectivity index (χ2n) is 3.33. The molecule has 0 aliphatic rings. The molecule has 2 aromatic rings. The highest BCUT2D eigenvalue weighted by molar-refractivity contribution is 6.35. The van der Waals surface area contributed by atoms with Crippen molar-refractivity contribution < 1.29 is 9.21 Å². The van der Waals surface area contributed by atoms with Gasteiger partial charge in [-0.1, -0.05) is 23.2 Å². The Morgan fingerprint density at radius 2 is 2.18 bits per heavy atom. The van der Waals surface area contributed by atoms with Gasteiger partial charge in [0, 0.05) is 11.9 Å². The molecule has 1 amide bonds. The fourth-order valence-corrected chi connectivity index (χ4v) is 1.58. The molecule has 17 heavy (non-hydrogen) atoms. The molecule has 0 aliphatic heterocycles. The number of amides is 1. The van der Waals surface area contributed by atoms with Crippen LogP contribution in [0.5, 0.6) is 0 Å². The maximum atomic E-state index is 11.8. The summed E-state index contributed by atoms with van der Waals surface area (Å²) in [6, 6.07) is 4.81. The Hall–Kier alpha value is -1.52. The van der Waals surface area contributed by atoms with Crippen LogP contribution in [0.15, 0.2) is 28.9 Å². The number of nitrogens with one attached hydrogen (secondary N) is 1. The van der Waals surface area contributed by atoms with Gasteiger partial charge in [-0.2, -0.15) is 0 Å². The van der Waals surface area contributed by atoms with E-state index < -0.39 is 5.91 Å². The Morgan fingerprint density at radius 3 is 2.82 bits per heavy atom. The highest BCUT2D eigenvalue weighted by Crippen LogP contribution is 2.25. The first-order valence-electron chi connectivity index (χ1n) is 4.75. The molecule has 6 heteroatoms. The van der Waals surface area contributed by atoms with Gasteiger partial charge >= 0.3 is 0 Å². The van der Waals surface area contributed by atoms with E-state index in [2.05, 4.69) is 10.3 Å². The molecular weight excluding hydrogens is 263 g/mol. The van der Waals surface area contributed by atoms with Crippen molar-refractivity contribution in [3.05, 3.63) is 46.1 Å². The molecule has 0 saturated carbocycles. The molecule has 0 fully saturated rings. The zero-order chi connectivity index (χ0) is 12.4. The Kier molecular flexibility index (Phi) is 3.36. The zero-order valence-corrected chi connectivity index (χ0v) is 10.3. The summed E-state index contributed by atoms with van der Waals surface area (Å²) in [6.45, 7) is 1.66. The number of carbonyl (C=O) groups excluding carboxylic acids is 1. The number of nitrogens with zero attached hydrogens (tertiary/aromatic N) is 1. The first-order valence-corrected chi connectivity index (χ1v) is 5.50. The zero-order valence-electron chi connectivity index (χ0n) is 8.83. The van der Waals surface area contributed by atoms with Crippen LogP contribution in [0.1, 0.15) is 16.4 Å². The lowest BCUT2D eigenvalue weighted by Crippen LogP contribution is -2.12. The monoisotopic (exact) mass is 270 g/mol. The van der Waals surface area contributed by atoms with Gasteiger partial charge in [0.1, 0.15) is 6.26 Å². The summed E-state index contributed by atoms with van der Waals surface area (Å²) >= 11 is 11.7. The Labute approximate surface area is 108 Å². The van der Waals surface area contributed by atoms with Crippen LogP contribution < -0.4 is 5.32 Å². The summed E-state index contributed by atoms with van der Waals surface area (Å²) in [6.07, 6.45) is 1.28. The predicted octanol–water partition coefficient (Wildman–Crippen LogP) is 3.54. The minimum absolute atomic E-state index is 0.193. The van der Waals surface area contributed by atoms with E-state index in [1.165, 1.54) is 6.26 Å². The smallest absolute Gasteiger partial charge is 0.277 e. The van der Waals surface area contributed by atoms with Gasteiger partial charge in [-0.05, 0) is 18.2 Å². The minimum atomic E-state index is -0.397. The molecule has 0 spiro atoms. The quantitative estimate of drug-likeness (QED) is 0.908. The summed E-state index contributed by atoms with van der Waals surface area (Å²) in [5.74, 6) is 0.0263. The van der Waals surface area contributed by atoms with E-state index in [1.54, 1.807) is 25.1 Å². The number of benzene rings is 1. The average Bonchev–Trinajstić information content (AvgIpc) is 2.70. The van der Waals surface area contributed by atoms with Crippen LogP contribution in [-0.2, 0) is 0 Å². The molecule has 0 atom stereocenters. The number of anilines is 1. The van der Waals surface area contributed by atoms with Crippen molar-refractivity contribution >= 4 is 34.8 Å². The van der Waals surface area contributed by atoms with Gasteiger partial charge < -0.3 is 9.73 Å². The normalized spacial score (nSPS) is 10.3. The van der Waals surface area contributed by atoms with Crippen molar-refractivity contribution in [1.29, 1.82) is 0 Å². The second kappa shape index (κ2) is 4.77. The third kappa shape index (κ3) is 2.78. The number of hydrogen-bond acceptors (Lipinski definition) is 3. The number of hydrogen-bond donors (Lipinski definition) is 1. The van der Waals surface area contributed by atoms with Gasteiger partial charge in [-0.3, -0.25) is 4.79 Å². The largest absolute Gasteiger partial charge is 0.448 e. The molecule has 0 saturated heterocycles. The highest BCUT2D eigenvalue weighted by atomic mass is 35.5. The van der Waals surface area contributed by atoms with Gasteiger partial charge in [-0.15, -0.1) is 0 Å². The van der Waals surface area contributed by atoms with Crippen LogP contribution in [-0.4, -0.2) is 10.9 Å². The van der Waals surface area contributed by atoms with Crippen molar-refractivity contribution in [3.8, 4) is 0 Å². The van der Waals surface area contributed by atoms with Gasteiger partial charge in [-0.25, -0.2) is 4.98 Å². The number of rotatable bonds is 2. The minimum Gasteiger partial charge on any atom is -0.448 e. The molecule has 0 radical (unpaired) electrons. The Morgan fingerprint density at radius 1 is 1.41 bits per heavy atom. The molecule has 4 nitrogen and oxygen atoms in total. The third-order valence-corrected chi connectivity index (χ3v) is 2.59. The van der Waals surface area contributed by atoms with E-state index in [9.17, 15) is 4.79 Å². The average molecular weight is 271 g/mol. The lowest BCUT2D eigenvalue weighted by atomic mass is 10.3. The summed E-state index contributed by atoms with van der Waals surface area (Å²) < 4.78 is 4.95. The number of oxazole rings is 1. The number of halogens is 2. The van der Waals surface area contributed by atoms with E-state index in [-0.39, 0.29) is 5.69 Å². The fourth-order valence-electron chi connectivity index (χ4n) is 1.25. The van der Waals surface area contributed by atoms with E-state index in [1.807, 2.05) is 0 Å². The molecule has 1 aromatic heterocycles. The van der Waals surface area contributed by atoms with Crippen molar-refractivity contribution in [2.75, 3.05) is 5.32 Å². The van der Waals surface area contributed by atoms with Crippen molar-refractivity contribution in [2.24, 2.45) is 0 Å². The second-order valence-corrected chi connectivity index (χ2v) is 4.17. The number of carbonyl (C=O) groups is 1. The van der Waals surface area contributed by atoms with Crippen LogP contribution in [0.25, 0.3) is 0 Å². The van der Waals surface area contributed by atoms with Crippen molar-refractivity contribution in [2.45, 2.75) is 6.92 Å². The predicted molar refractivity (Wildman–Crippen MR) is 65.7 cm³/mol. The van der Waals surface area contributed by atoms with Crippen LogP contribution in [0.4, 0.5) is 5.69 Å². The van der Waals surface area contributed by atoms with Crippen LogP contribution in [0.2, 0.25) is 10.0 Å². The third-order valence-electron chi connectivity index (χ3n) is 2.03. The van der Waals surface area contributed by atoms with Gasteiger partial charge in [0.05, 0.1) is 10.7 Å². The van der Waals surface area contributed by atoms with Crippen LogP contribution >= 0.6 is 23.2 Å². The molecule has 1 N–H and O–H groups in total. The Balaban J connectivity index is 2.21. The fraction of sp³-hybridized carbons (Fsp3) is 0.0909. The van der Waals surface area contributed by atoms with E-state index >= 15 is 0 Å². The maximum absolute atomic E-state index is 11.8. The maximum Gasteiger partial charge on any atom is 0.277 e. The van der Waals surface area contributed by atoms with Crippen molar-refractivity contribution in [3.63, 3.8) is 0 Å². The molecular formula is C11H8Cl2N2O2. The van der Waals surface area contributed by atoms with Gasteiger partial charge in [0.25, 0.3) is 5.91 Å². The molecule has 0 bridgehead atoms. The highest BCUT2D eigenvalue weighted by Gasteiger charge is 2.12. The van der Waals surface area contributed by atoms with Crippen molar-refractivity contribution in [1.82, 2.24) is 4.98 Å². The first kappa shape index (κ1) is 12.0. The molecule has 1 aromatic carbocycles. The Bertz CT molecular complexity index is 566. The number of aryl methyl sites for hydroxylation is 1. The lowest BCUT2D eigenvalue weighted by Gasteiger charge is -2.05. The van der Waals surface area contributed by atoms with E-state index in [0.29, 0.717) is 21.6 Å².